The summed E-state index contributed by atoms with van der Waals surface area (Å²) in [6.45, 7) is 1.99. The highest BCUT2D eigenvalue weighted by atomic mass is 35.5. The van der Waals surface area contributed by atoms with E-state index in [9.17, 15) is 9.18 Å². The number of fused-ring (bicyclic) bond motifs is 1. The lowest BCUT2D eigenvalue weighted by Gasteiger charge is -2.25. The van der Waals surface area contributed by atoms with E-state index in [0.717, 1.165) is 37.3 Å². The number of anilines is 2. The van der Waals surface area contributed by atoms with Crippen LogP contribution in [0.4, 0.5) is 15.8 Å². The Morgan fingerprint density at radius 2 is 1.81 bits per heavy atom. The molecule has 0 radical (unpaired) electrons. The molecule has 0 atom stereocenters. The Bertz CT molecular complexity index is 979. The highest BCUT2D eigenvalue weighted by Crippen LogP contribution is 2.37. The van der Waals surface area contributed by atoms with Gasteiger partial charge in [-0.3, -0.25) is 4.79 Å². The molecule has 2 heterocycles. The number of rotatable bonds is 3. The molecule has 1 amide bonds. The normalized spacial score (nSPS) is 15.0. The number of benzene rings is 2. The second-order valence-corrected chi connectivity index (χ2v) is 8.19. The third-order valence-electron chi connectivity index (χ3n) is 4.90. The number of nitrogens with zero attached hydrogens (tertiary/aromatic N) is 1. The Morgan fingerprint density at radius 1 is 1.07 bits per heavy atom. The fourth-order valence-corrected chi connectivity index (χ4v) is 4.97. The maximum absolute atomic E-state index is 13.5. The van der Waals surface area contributed by atoms with Gasteiger partial charge in [-0.2, -0.15) is 0 Å². The SMILES string of the molecule is O=C(Nc1ccccc1N1CCCCCC1)c1sc2cc(F)ccc2c1Cl. The van der Waals surface area contributed by atoms with Crippen molar-refractivity contribution >= 4 is 50.3 Å². The van der Waals surface area contributed by atoms with Gasteiger partial charge in [0.1, 0.15) is 10.7 Å². The molecule has 0 aliphatic carbocycles. The molecule has 0 bridgehead atoms. The van der Waals surface area contributed by atoms with Crippen LogP contribution in [0.2, 0.25) is 5.02 Å². The zero-order valence-corrected chi connectivity index (χ0v) is 16.4. The molecule has 2 aromatic carbocycles. The van der Waals surface area contributed by atoms with Crippen molar-refractivity contribution in [3.63, 3.8) is 0 Å². The molecule has 6 heteroatoms. The molecule has 1 aliphatic rings. The average molecular weight is 403 g/mol. The topological polar surface area (TPSA) is 32.3 Å². The maximum Gasteiger partial charge on any atom is 0.267 e. The van der Waals surface area contributed by atoms with Gasteiger partial charge in [-0.05, 0) is 43.2 Å². The fraction of sp³-hybridized carbons (Fsp3) is 0.286. The first kappa shape index (κ1) is 18.3. The van der Waals surface area contributed by atoms with Crippen LogP contribution in [0.1, 0.15) is 35.4 Å². The van der Waals surface area contributed by atoms with Crippen LogP contribution in [0.15, 0.2) is 42.5 Å². The molecule has 3 nitrogen and oxygen atoms in total. The Labute approximate surface area is 166 Å². The van der Waals surface area contributed by atoms with Crippen molar-refractivity contribution in [3.05, 3.63) is 58.2 Å². The van der Waals surface area contributed by atoms with Crippen LogP contribution in [0, 0.1) is 5.82 Å². The molecule has 1 N–H and O–H groups in total. The average Bonchev–Trinajstić information content (AvgIpc) is 2.84. The number of nitrogens with one attached hydrogen (secondary N) is 1. The van der Waals surface area contributed by atoms with Gasteiger partial charge in [0, 0.05) is 23.2 Å². The first-order valence-electron chi connectivity index (χ1n) is 9.16. The molecule has 3 aromatic rings. The van der Waals surface area contributed by atoms with E-state index < -0.39 is 0 Å². The molecular formula is C21H20ClFN2OS. The molecule has 4 rings (SSSR count). The summed E-state index contributed by atoms with van der Waals surface area (Å²) in [5, 5.41) is 4.09. The molecule has 0 unspecified atom stereocenters. The number of thiophene rings is 1. The van der Waals surface area contributed by atoms with E-state index in [4.69, 9.17) is 11.6 Å². The summed E-state index contributed by atoms with van der Waals surface area (Å²) >= 11 is 7.61. The largest absolute Gasteiger partial charge is 0.370 e. The third kappa shape index (κ3) is 3.80. The maximum atomic E-state index is 13.5. The van der Waals surface area contributed by atoms with E-state index >= 15 is 0 Å². The van der Waals surface area contributed by atoms with Crippen molar-refractivity contribution in [3.8, 4) is 0 Å². The monoisotopic (exact) mass is 402 g/mol. The number of carbonyl (C=O) groups is 1. The smallest absolute Gasteiger partial charge is 0.267 e. The van der Waals surface area contributed by atoms with Gasteiger partial charge in [0.2, 0.25) is 0 Å². The second-order valence-electron chi connectivity index (χ2n) is 6.76. The van der Waals surface area contributed by atoms with E-state index in [1.165, 1.54) is 36.3 Å². The quantitative estimate of drug-likeness (QED) is 0.555. The summed E-state index contributed by atoms with van der Waals surface area (Å²) in [6, 6.07) is 12.3. The lowest BCUT2D eigenvalue weighted by molar-refractivity contribution is 0.103. The summed E-state index contributed by atoms with van der Waals surface area (Å²) in [6.07, 6.45) is 4.82. The zero-order valence-electron chi connectivity index (χ0n) is 14.8. The van der Waals surface area contributed by atoms with E-state index in [1.807, 2.05) is 24.3 Å². The molecule has 27 heavy (non-hydrogen) atoms. The van der Waals surface area contributed by atoms with Gasteiger partial charge in [-0.1, -0.05) is 36.6 Å². The molecule has 0 saturated carbocycles. The van der Waals surface area contributed by atoms with Gasteiger partial charge in [0.15, 0.2) is 0 Å². The first-order valence-corrected chi connectivity index (χ1v) is 10.4. The number of amides is 1. The molecule has 1 aromatic heterocycles. The summed E-state index contributed by atoms with van der Waals surface area (Å²) in [4.78, 5) is 15.6. The Balaban J connectivity index is 1.63. The van der Waals surface area contributed by atoms with Gasteiger partial charge < -0.3 is 10.2 Å². The number of carbonyl (C=O) groups excluding carboxylic acids is 1. The van der Waals surface area contributed by atoms with Crippen LogP contribution in [0.25, 0.3) is 10.1 Å². The molecule has 0 spiro atoms. The van der Waals surface area contributed by atoms with Crippen LogP contribution >= 0.6 is 22.9 Å². The van der Waals surface area contributed by atoms with E-state index in [0.29, 0.717) is 20.0 Å². The van der Waals surface area contributed by atoms with E-state index in [2.05, 4.69) is 10.2 Å². The Hall–Kier alpha value is -2.11. The minimum Gasteiger partial charge on any atom is -0.370 e. The summed E-state index contributed by atoms with van der Waals surface area (Å²) in [7, 11) is 0. The van der Waals surface area contributed by atoms with Crippen molar-refractivity contribution in [2.24, 2.45) is 0 Å². The van der Waals surface area contributed by atoms with Crippen molar-refractivity contribution in [2.75, 3.05) is 23.3 Å². The third-order valence-corrected chi connectivity index (χ3v) is 6.55. The minimum atomic E-state index is -0.334. The fourth-order valence-electron chi connectivity index (χ4n) is 3.53. The van der Waals surface area contributed by atoms with Gasteiger partial charge >= 0.3 is 0 Å². The predicted molar refractivity (Wildman–Crippen MR) is 112 cm³/mol. The van der Waals surface area contributed by atoms with Crippen LogP contribution in [-0.4, -0.2) is 19.0 Å². The number of halogens is 2. The van der Waals surface area contributed by atoms with Gasteiger partial charge in [-0.25, -0.2) is 4.39 Å². The van der Waals surface area contributed by atoms with Crippen LogP contribution in [0.3, 0.4) is 0 Å². The standard InChI is InChI=1S/C21H20ClFN2OS/c22-19-15-10-9-14(23)13-18(15)27-20(19)21(26)24-16-7-3-4-8-17(16)25-11-5-1-2-6-12-25/h3-4,7-10,13H,1-2,5-6,11-12H2,(H,24,26). The Kier molecular flexibility index (Phi) is 5.32. The molecular weight excluding hydrogens is 383 g/mol. The summed E-state index contributed by atoms with van der Waals surface area (Å²) in [5.74, 6) is -0.595. The molecule has 1 saturated heterocycles. The van der Waals surface area contributed by atoms with Crippen molar-refractivity contribution in [1.29, 1.82) is 0 Å². The minimum absolute atomic E-state index is 0.260. The highest BCUT2D eigenvalue weighted by Gasteiger charge is 2.20. The Morgan fingerprint density at radius 3 is 2.59 bits per heavy atom. The second kappa shape index (κ2) is 7.87. The molecule has 1 aliphatic heterocycles. The van der Waals surface area contributed by atoms with Gasteiger partial charge in [0.05, 0.1) is 16.4 Å². The number of hydrogen-bond acceptors (Lipinski definition) is 3. The lowest BCUT2D eigenvalue weighted by atomic mass is 10.2. The van der Waals surface area contributed by atoms with Crippen molar-refractivity contribution in [2.45, 2.75) is 25.7 Å². The van der Waals surface area contributed by atoms with Gasteiger partial charge in [0.25, 0.3) is 5.91 Å². The first-order chi connectivity index (χ1) is 13.1. The van der Waals surface area contributed by atoms with Crippen LogP contribution < -0.4 is 10.2 Å². The summed E-state index contributed by atoms with van der Waals surface area (Å²) in [5.41, 5.74) is 1.82. The van der Waals surface area contributed by atoms with Crippen molar-refractivity contribution < 1.29 is 9.18 Å². The van der Waals surface area contributed by atoms with Crippen molar-refractivity contribution in [1.82, 2.24) is 0 Å². The number of para-hydroxylation sites is 2. The van der Waals surface area contributed by atoms with Crippen LogP contribution in [0.5, 0.6) is 0 Å². The lowest BCUT2D eigenvalue weighted by Crippen LogP contribution is -2.25. The number of hydrogen-bond donors (Lipinski definition) is 1. The van der Waals surface area contributed by atoms with Crippen LogP contribution in [-0.2, 0) is 0 Å². The predicted octanol–water partition coefficient (Wildman–Crippen LogP) is 6.33. The highest BCUT2D eigenvalue weighted by molar-refractivity contribution is 7.21. The van der Waals surface area contributed by atoms with E-state index in [1.54, 1.807) is 6.07 Å². The summed E-state index contributed by atoms with van der Waals surface area (Å²) < 4.78 is 14.1. The zero-order chi connectivity index (χ0) is 18.8. The van der Waals surface area contributed by atoms with Gasteiger partial charge in [-0.15, -0.1) is 11.3 Å². The molecule has 140 valence electrons. The molecule has 1 fully saturated rings. The van der Waals surface area contributed by atoms with E-state index in [-0.39, 0.29) is 11.7 Å².